The van der Waals surface area contributed by atoms with Crippen LogP contribution in [-0.2, 0) is 24.5 Å². The van der Waals surface area contributed by atoms with Crippen molar-refractivity contribution in [1.29, 1.82) is 0 Å². The summed E-state index contributed by atoms with van der Waals surface area (Å²) in [5.74, 6) is -0.0334. The number of piperidine rings is 1. The quantitative estimate of drug-likeness (QED) is 0.506. The summed E-state index contributed by atoms with van der Waals surface area (Å²) in [7, 11) is 0. The number of ether oxygens (including phenoxy) is 1. The van der Waals surface area contributed by atoms with Gasteiger partial charge in [-0.2, -0.15) is 11.8 Å². The number of nitrogens with one attached hydrogen (secondary N) is 1. The molecule has 2 heterocycles. The number of carbonyl (C=O) groups is 4. The zero-order chi connectivity index (χ0) is 27.2. The van der Waals surface area contributed by atoms with Crippen molar-refractivity contribution in [3.05, 3.63) is 35.9 Å². The third-order valence-corrected chi connectivity index (χ3v) is 8.36. The van der Waals surface area contributed by atoms with E-state index in [4.69, 9.17) is 4.74 Å². The van der Waals surface area contributed by atoms with Gasteiger partial charge in [-0.25, -0.2) is 9.59 Å². The number of carboxylic acid groups (broad SMARTS) is 1. The SMILES string of the molecule is CSCC[C@@H](NC(=O)C1(c2ccccc2)CCN(C(=O)[C@H]2CSCN2C(=O)OC(C)(C)C)CC1)C(=O)O. The van der Waals surface area contributed by atoms with Crippen LogP contribution >= 0.6 is 23.5 Å². The van der Waals surface area contributed by atoms with E-state index < -0.39 is 35.2 Å². The maximum atomic E-state index is 13.6. The average Bonchev–Trinajstić information content (AvgIpc) is 3.35. The van der Waals surface area contributed by atoms with Gasteiger partial charge in [-0.1, -0.05) is 30.3 Å². The van der Waals surface area contributed by atoms with E-state index >= 15 is 0 Å². The number of rotatable bonds is 8. The fourth-order valence-electron chi connectivity index (χ4n) is 4.66. The van der Waals surface area contributed by atoms with Crippen LogP contribution in [0.3, 0.4) is 0 Å². The minimum absolute atomic E-state index is 0.152. The first-order chi connectivity index (χ1) is 17.5. The van der Waals surface area contributed by atoms with Gasteiger partial charge >= 0.3 is 12.1 Å². The van der Waals surface area contributed by atoms with Crippen LogP contribution in [0, 0.1) is 0 Å². The number of hydrogen-bond donors (Lipinski definition) is 2. The molecule has 0 aliphatic carbocycles. The Labute approximate surface area is 227 Å². The Bertz CT molecular complexity index is 976. The molecule has 0 bridgehead atoms. The Morgan fingerprint density at radius 2 is 1.84 bits per heavy atom. The lowest BCUT2D eigenvalue weighted by atomic mass is 9.71. The molecule has 3 amide bonds. The van der Waals surface area contributed by atoms with E-state index in [0.717, 1.165) is 5.56 Å². The number of thioether (sulfide) groups is 2. The molecule has 37 heavy (non-hydrogen) atoms. The number of aliphatic carboxylic acids is 1. The van der Waals surface area contributed by atoms with Gasteiger partial charge in [-0.05, 0) is 57.6 Å². The molecule has 2 fully saturated rings. The van der Waals surface area contributed by atoms with Gasteiger partial charge in [0, 0.05) is 18.8 Å². The van der Waals surface area contributed by atoms with Crippen molar-refractivity contribution >= 4 is 47.4 Å². The van der Waals surface area contributed by atoms with Gasteiger partial charge in [0.05, 0.1) is 11.3 Å². The van der Waals surface area contributed by atoms with Crippen LogP contribution in [-0.4, -0.2) is 93.2 Å². The molecular weight excluding hydrogens is 514 g/mol. The number of carbonyl (C=O) groups excluding carboxylic acids is 3. The smallest absolute Gasteiger partial charge is 0.411 e. The molecule has 0 unspecified atom stereocenters. The highest BCUT2D eigenvalue weighted by molar-refractivity contribution is 7.99. The third-order valence-electron chi connectivity index (χ3n) is 6.70. The Balaban J connectivity index is 1.75. The topological polar surface area (TPSA) is 116 Å². The number of nitrogens with zero attached hydrogens (tertiary/aromatic N) is 2. The molecule has 1 aromatic rings. The van der Waals surface area contributed by atoms with Gasteiger partial charge in [-0.15, -0.1) is 11.8 Å². The van der Waals surface area contributed by atoms with E-state index in [2.05, 4.69) is 5.32 Å². The molecule has 0 aromatic heterocycles. The van der Waals surface area contributed by atoms with Gasteiger partial charge in [0.1, 0.15) is 17.7 Å². The van der Waals surface area contributed by atoms with E-state index in [0.29, 0.717) is 49.7 Å². The molecule has 9 nitrogen and oxygen atoms in total. The summed E-state index contributed by atoms with van der Waals surface area (Å²) in [5, 5.41) is 12.4. The van der Waals surface area contributed by atoms with Gasteiger partial charge < -0.3 is 20.1 Å². The Morgan fingerprint density at radius 1 is 1.19 bits per heavy atom. The monoisotopic (exact) mass is 551 g/mol. The zero-order valence-corrected chi connectivity index (χ0v) is 23.5. The van der Waals surface area contributed by atoms with Crippen molar-refractivity contribution in [2.45, 2.75) is 63.1 Å². The molecule has 0 spiro atoms. The maximum Gasteiger partial charge on any atom is 0.411 e. The van der Waals surface area contributed by atoms with Crippen molar-refractivity contribution < 1.29 is 29.0 Å². The van der Waals surface area contributed by atoms with Crippen LogP contribution in [0.25, 0.3) is 0 Å². The largest absolute Gasteiger partial charge is 0.480 e. The minimum Gasteiger partial charge on any atom is -0.480 e. The third kappa shape index (κ3) is 7.13. The second-order valence-electron chi connectivity index (χ2n) is 10.4. The highest BCUT2D eigenvalue weighted by Crippen LogP contribution is 2.37. The predicted octanol–water partition coefficient (Wildman–Crippen LogP) is 3.18. The summed E-state index contributed by atoms with van der Waals surface area (Å²) in [6.45, 7) is 6.03. The fraction of sp³-hybridized carbons (Fsp3) is 0.615. The highest BCUT2D eigenvalue weighted by atomic mass is 32.2. The van der Waals surface area contributed by atoms with Crippen molar-refractivity contribution in [1.82, 2.24) is 15.1 Å². The summed E-state index contributed by atoms with van der Waals surface area (Å²) < 4.78 is 5.50. The van der Waals surface area contributed by atoms with Gasteiger partial charge in [0.2, 0.25) is 11.8 Å². The Hall–Kier alpha value is -2.40. The van der Waals surface area contributed by atoms with Crippen molar-refractivity contribution in [3.8, 4) is 0 Å². The Morgan fingerprint density at radius 3 is 2.41 bits per heavy atom. The summed E-state index contributed by atoms with van der Waals surface area (Å²) in [6, 6.07) is 7.77. The van der Waals surface area contributed by atoms with Crippen LogP contribution in [0.2, 0.25) is 0 Å². The normalized spacial score (nSPS) is 20.3. The molecule has 11 heteroatoms. The van der Waals surface area contributed by atoms with E-state index in [-0.39, 0.29) is 11.8 Å². The molecule has 2 saturated heterocycles. The van der Waals surface area contributed by atoms with Crippen LogP contribution in [0.1, 0.15) is 45.6 Å². The number of carboxylic acids is 1. The minimum atomic E-state index is -1.06. The van der Waals surface area contributed by atoms with E-state index in [1.807, 2.05) is 36.6 Å². The first kappa shape index (κ1) is 29.2. The van der Waals surface area contributed by atoms with Crippen LogP contribution in [0.15, 0.2) is 30.3 Å². The predicted molar refractivity (Wildman–Crippen MR) is 146 cm³/mol. The van der Waals surface area contributed by atoms with E-state index in [9.17, 15) is 24.3 Å². The molecule has 2 aliphatic rings. The molecule has 0 saturated carbocycles. The van der Waals surface area contributed by atoms with Gasteiger partial charge in [0.15, 0.2) is 0 Å². The number of hydrogen-bond acceptors (Lipinski definition) is 7. The molecule has 2 atom stereocenters. The lowest BCUT2D eigenvalue weighted by molar-refractivity contribution is -0.144. The molecular formula is C26H37N3O6S2. The summed E-state index contributed by atoms with van der Waals surface area (Å²) in [6.07, 6.45) is 2.44. The highest BCUT2D eigenvalue weighted by Gasteiger charge is 2.47. The van der Waals surface area contributed by atoms with Crippen molar-refractivity contribution in [2.75, 3.05) is 36.7 Å². The molecule has 1 aromatic carbocycles. The molecule has 2 N–H and O–H groups in total. The second-order valence-corrected chi connectivity index (χ2v) is 12.4. The summed E-state index contributed by atoms with van der Waals surface area (Å²) in [4.78, 5) is 54.8. The molecule has 0 radical (unpaired) electrons. The lowest BCUT2D eigenvalue weighted by Gasteiger charge is -2.42. The maximum absolute atomic E-state index is 13.6. The summed E-state index contributed by atoms with van der Waals surface area (Å²) >= 11 is 3.04. The average molecular weight is 552 g/mol. The standard InChI is InChI=1S/C26H37N3O6S2/c1-25(2,3)35-24(34)29-17-37-16-20(29)21(30)28-13-11-26(12-14-28,18-8-6-5-7-9-18)23(33)27-19(22(31)32)10-15-36-4/h5-9,19-20H,10-17H2,1-4H3,(H,27,33)(H,31,32)/t19-,20-/m1/s1. The molecule has 3 rings (SSSR count). The van der Waals surface area contributed by atoms with Crippen LogP contribution in [0.4, 0.5) is 4.79 Å². The molecule has 2 aliphatic heterocycles. The van der Waals surface area contributed by atoms with E-state index in [1.165, 1.54) is 28.4 Å². The van der Waals surface area contributed by atoms with Crippen molar-refractivity contribution in [3.63, 3.8) is 0 Å². The summed E-state index contributed by atoms with van der Waals surface area (Å²) in [5.41, 5.74) is -0.796. The zero-order valence-electron chi connectivity index (χ0n) is 21.9. The van der Waals surface area contributed by atoms with Gasteiger partial charge in [0.25, 0.3) is 0 Å². The lowest BCUT2D eigenvalue weighted by Crippen LogP contribution is -2.58. The number of likely N-dealkylation sites (tertiary alicyclic amines) is 1. The van der Waals surface area contributed by atoms with E-state index in [1.54, 1.807) is 25.7 Å². The van der Waals surface area contributed by atoms with Crippen LogP contribution < -0.4 is 5.32 Å². The second kappa shape index (κ2) is 12.4. The first-order valence-electron chi connectivity index (χ1n) is 12.4. The first-order valence-corrected chi connectivity index (χ1v) is 15.0. The molecule has 204 valence electrons. The number of amides is 3. The Kier molecular flexibility index (Phi) is 9.80. The van der Waals surface area contributed by atoms with Gasteiger partial charge in [-0.3, -0.25) is 14.5 Å². The van der Waals surface area contributed by atoms with Crippen LogP contribution in [0.5, 0.6) is 0 Å². The van der Waals surface area contributed by atoms with Crippen molar-refractivity contribution in [2.24, 2.45) is 0 Å². The fourth-order valence-corrected chi connectivity index (χ4v) is 6.27. The number of benzene rings is 1.